The fourth-order valence-electron chi connectivity index (χ4n) is 7.90. The van der Waals surface area contributed by atoms with Crippen LogP contribution in [-0.4, -0.2) is 15.0 Å². The Morgan fingerprint density at radius 1 is 0.339 bits per heavy atom. The molecule has 11 rings (SSSR count). The van der Waals surface area contributed by atoms with Gasteiger partial charge in [0.25, 0.3) is 0 Å². The van der Waals surface area contributed by atoms with E-state index in [1.807, 2.05) is 67.0 Å². The van der Waals surface area contributed by atoms with Crippen molar-refractivity contribution in [1.29, 1.82) is 0 Å². The molecule has 0 spiro atoms. The van der Waals surface area contributed by atoms with Crippen LogP contribution in [0.2, 0.25) is 0 Å². The zero-order valence-corrected chi connectivity index (χ0v) is 30.1. The Kier molecular flexibility index (Phi) is 7.42. The van der Waals surface area contributed by atoms with Crippen LogP contribution in [0.5, 0.6) is 0 Å². The average Bonchev–Trinajstić information content (AvgIpc) is 3.86. The first-order valence-corrected chi connectivity index (χ1v) is 18.7. The molecule has 0 fully saturated rings. The van der Waals surface area contributed by atoms with Crippen LogP contribution in [0.25, 0.3) is 111 Å². The van der Waals surface area contributed by atoms with Crippen LogP contribution in [0, 0.1) is 0 Å². The molecule has 56 heavy (non-hydrogen) atoms. The number of aromatic nitrogens is 3. The number of hydrogen-bond acceptors (Lipinski definition) is 5. The number of pyridine rings is 1. The summed E-state index contributed by atoms with van der Waals surface area (Å²) < 4.78 is 13.2. The van der Waals surface area contributed by atoms with Crippen molar-refractivity contribution < 1.29 is 8.83 Å². The third-order valence-corrected chi connectivity index (χ3v) is 10.7. The highest BCUT2D eigenvalue weighted by Crippen LogP contribution is 2.45. The number of para-hydroxylation sites is 3. The Balaban J connectivity index is 1.02. The largest absolute Gasteiger partial charge is 0.455 e. The summed E-state index contributed by atoms with van der Waals surface area (Å²) in [5, 5.41) is 4.34. The molecule has 0 amide bonds. The second-order valence-electron chi connectivity index (χ2n) is 14.0. The molecule has 0 atom stereocenters. The van der Waals surface area contributed by atoms with Gasteiger partial charge in [-0.25, -0.2) is 9.97 Å². The minimum Gasteiger partial charge on any atom is -0.455 e. The van der Waals surface area contributed by atoms with Gasteiger partial charge in [-0.05, 0) is 58.7 Å². The number of furan rings is 2. The lowest BCUT2D eigenvalue weighted by molar-refractivity contribution is 0.665. The van der Waals surface area contributed by atoms with Crippen LogP contribution < -0.4 is 0 Å². The maximum Gasteiger partial charge on any atom is 0.160 e. The first-order chi connectivity index (χ1) is 27.7. The van der Waals surface area contributed by atoms with Crippen molar-refractivity contribution in [2.45, 2.75) is 0 Å². The minimum absolute atomic E-state index is 0.682. The van der Waals surface area contributed by atoms with E-state index in [9.17, 15) is 0 Å². The lowest BCUT2D eigenvalue weighted by atomic mass is 9.93. The van der Waals surface area contributed by atoms with Gasteiger partial charge in [0.1, 0.15) is 22.3 Å². The fraction of sp³-hybridized carbons (Fsp3) is 0. The molecule has 262 valence electrons. The number of hydrogen-bond donors (Lipinski definition) is 0. The SMILES string of the molecule is c1ccc(-c2nc(-c3ccc(-c4ccncc4)cc3)cc(-c3ccc(-c4ccc(-c5cccc6c5oc5ccccc56)c5oc6ccccc6c45)cc3)n2)cc1. The van der Waals surface area contributed by atoms with E-state index in [4.69, 9.17) is 18.8 Å². The van der Waals surface area contributed by atoms with Crippen LogP contribution in [0.4, 0.5) is 0 Å². The highest BCUT2D eigenvalue weighted by atomic mass is 16.3. The van der Waals surface area contributed by atoms with Gasteiger partial charge in [0.2, 0.25) is 0 Å². The van der Waals surface area contributed by atoms with E-state index >= 15 is 0 Å². The van der Waals surface area contributed by atoms with Crippen LogP contribution in [0.3, 0.4) is 0 Å². The molecule has 5 heteroatoms. The first-order valence-electron chi connectivity index (χ1n) is 18.7. The van der Waals surface area contributed by atoms with E-state index < -0.39 is 0 Å². The minimum atomic E-state index is 0.682. The molecule has 0 saturated carbocycles. The van der Waals surface area contributed by atoms with Crippen LogP contribution in [0.15, 0.2) is 197 Å². The highest BCUT2D eigenvalue weighted by Gasteiger charge is 2.20. The second kappa shape index (κ2) is 13.0. The van der Waals surface area contributed by atoms with Crippen molar-refractivity contribution in [2.24, 2.45) is 0 Å². The lowest BCUT2D eigenvalue weighted by Crippen LogP contribution is -1.96. The van der Waals surface area contributed by atoms with E-state index in [1.54, 1.807) is 0 Å². The molecule has 7 aromatic carbocycles. The van der Waals surface area contributed by atoms with Gasteiger partial charge in [0.05, 0.1) is 11.4 Å². The molecule has 4 aromatic heterocycles. The summed E-state index contributed by atoms with van der Waals surface area (Å²) in [5.74, 6) is 0.682. The molecule has 4 heterocycles. The number of nitrogens with zero attached hydrogens (tertiary/aromatic N) is 3. The van der Waals surface area contributed by atoms with Crippen molar-refractivity contribution in [3.8, 4) is 67.3 Å². The molecule has 0 aliphatic heterocycles. The quantitative estimate of drug-likeness (QED) is 0.171. The maximum atomic E-state index is 6.70. The Bertz CT molecular complexity index is 3220. The van der Waals surface area contributed by atoms with Gasteiger partial charge < -0.3 is 8.83 Å². The maximum absolute atomic E-state index is 6.70. The third-order valence-electron chi connectivity index (χ3n) is 10.7. The smallest absolute Gasteiger partial charge is 0.160 e. The number of rotatable bonds is 6. The number of fused-ring (bicyclic) bond motifs is 6. The van der Waals surface area contributed by atoms with Crippen molar-refractivity contribution in [1.82, 2.24) is 15.0 Å². The molecule has 0 bridgehead atoms. The second-order valence-corrected chi connectivity index (χ2v) is 14.0. The van der Waals surface area contributed by atoms with Gasteiger partial charge in [0.15, 0.2) is 5.82 Å². The zero-order valence-electron chi connectivity index (χ0n) is 30.1. The van der Waals surface area contributed by atoms with Gasteiger partial charge in [-0.3, -0.25) is 4.98 Å². The molecular weight excluding hydrogens is 687 g/mol. The van der Waals surface area contributed by atoms with Gasteiger partial charge >= 0.3 is 0 Å². The van der Waals surface area contributed by atoms with E-state index in [0.717, 1.165) is 105 Å². The predicted molar refractivity (Wildman–Crippen MR) is 227 cm³/mol. The van der Waals surface area contributed by atoms with Crippen LogP contribution in [-0.2, 0) is 0 Å². The molecule has 0 unspecified atom stereocenters. The van der Waals surface area contributed by atoms with Gasteiger partial charge in [0, 0.05) is 61.8 Å². The molecule has 0 saturated heterocycles. The summed E-state index contributed by atoms with van der Waals surface area (Å²) in [7, 11) is 0. The first kappa shape index (κ1) is 31.9. The Hall–Kier alpha value is -7.63. The van der Waals surface area contributed by atoms with Crippen molar-refractivity contribution in [3.63, 3.8) is 0 Å². The standard InChI is InChI=1S/C51H31N3O2/c1-2-9-37(10-3-1)51-53-44(35-21-17-32(18-22-35)33-27-29-52-30-28-33)31-45(54-51)36-23-19-34(20-24-36)38-25-26-42(50-48(38)43-12-5-7-16-47(43)56-50)41-14-8-13-40-39-11-4-6-15-46(39)55-49(40)41/h1-31H. The van der Waals surface area contributed by atoms with Gasteiger partial charge in [-0.15, -0.1) is 0 Å². The zero-order chi connectivity index (χ0) is 37.0. The summed E-state index contributed by atoms with van der Waals surface area (Å²) in [5.41, 5.74) is 14.6. The summed E-state index contributed by atoms with van der Waals surface area (Å²) in [6.45, 7) is 0. The van der Waals surface area contributed by atoms with E-state index in [1.165, 1.54) is 0 Å². The summed E-state index contributed by atoms with van der Waals surface area (Å²) in [6.07, 6.45) is 3.63. The topological polar surface area (TPSA) is 65.0 Å². The van der Waals surface area contributed by atoms with Gasteiger partial charge in [-0.2, -0.15) is 0 Å². The molecule has 5 nitrogen and oxygen atoms in total. The van der Waals surface area contributed by atoms with Crippen LogP contribution in [0.1, 0.15) is 0 Å². The van der Waals surface area contributed by atoms with E-state index in [2.05, 4.69) is 126 Å². The van der Waals surface area contributed by atoms with E-state index in [-0.39, 0.29) is 0 Å². The van der Waals surface area contributed by atoms with E-state index in [0.29, 0.717) is 5.82 Å². The van der Waals surface area contributed by atoms with Crippen molar-refractivity contribution in [2.75, 3.05) is 0 Å². The summed E-state index contributed by atoms with van der Waals surface area (Å²) in [6, 6.07) is 60.6. The molecule has 0 aliphatic carbocycles. The fourth-order valence-corrected chi connectivity index (χ4v) is 7.90. The monoisotopic (exact) mass is 717 g/mol. The number of benzene rings is 7. The molecule has 0 aliphatic rings. The average molecular weight is 718 g/mol. The molecule has 0 radical (unpaired) electrons. The molecular formula is C51H31N3O2. The van der Waals surface area contributed by atoms with Gasteiger partial charge in [-0.1, -0.05) is 140 Å². The van der Waals surface area contributed by atoms with Crippen molar-refractivity contribution >= 4 is 43.9 Å². The lowest BCUT2D eigenvalue weighted by Gasteiger charge is -2.12. The summed E-state index contributed by atoms with van der Waals surface area (Å²) >= 11 is 0. The normalized spacial score (nSPS) is 11.6. The Morgan fingerprint density at radius 2 is 0.875 bits per heavy atom. The highest BCUT2D eigenvalue weighted by molar-refractivity contribution is 6.18. The third kappa shape index (κ3) is 5.37. The summed E-state index contributed by atoms with van der Waals surface area (Å²) in [4.78, 5) is 14.3. The molecule has 11 aromatic rings. The van der Waals surface area contributed by atoms with Crippen molar-refractivity contribution in [3.05, 3.63) is 188 Å². The van der Waals surface area contributed by atoms with Crippen LogP contribution >= 0.6 is 0 Å². The predicted octanol–water partition coefficient (Wildman–Crippen LogP) is 13.7. The Labute approximate surface area is 322 Å². The molecule has 0 N–H and O–H groups in total. The Morgan fingerprint density at radius 3 is 1.61 bits per heavy atom.